The van der Waals surface area contributed by atoms with E-state index in [1.807, 2.05) is 45.0 Å². The monoisotopic (exact) mass is 189 g/mol. The highest BCUT2D eigenvalue weighted by atomic mass is 15.0. The molecule has 0 atom stereocenters. The van der Waals surface area contributed by atoms with Crippen LogP contribution in [0.25, 0.3) is 0 Å². The quantitative estimate of drug-likeness (QED) is 0.573. The summed E-state index contributed by atoms with van der Waals surface area (Å²) in [6, 6.07) is 5.85. The SMILES string of the molecule is C/C=C/N=C(C)Nc1cccc(C)n1. The number of aryl methyl sites for hydroxylation is 1. The molecule has 0 saturated heterocycles. The molecule has 0 aliphatic heterocycles. The van der Waals surface area contributed by atoms with E-state index in [9.17, 15) is 0 Å². The van der Waals surface area contributed by atoms with Crippen LogP contribution in [0.3, 0.4) is 0 Å². The number of allylic oxidation sites excluding steroid dienone is 1. The van der Waals surface area contributed by atoms with Crippen molar-refractivity contribution in [3.63, 3.8) is 0 Å². The minimum Gasteiger partial charge on any atom is -0.329 e. The second kappa shape index (κ2) is 5.17. The summed E-state index contributed by atoms with van der Waals surface area (Å²) in [6.07, 6.45) is 3.63. The maximum Gasteiger partial charge on any atom is 0.131 e. The summed E-state index contributed by atoms with van der Waals surface area (Å²) in [7, 11) is 0. The van der Waals surface area contributed by atoms with Crippen molar-refractivity contribution < 1.29 is 0 Å². The Balaban J connectivity index is 2.69. The average Bonchev–Trinajstić information content (AvgIpc) is 2.15. The van der Waals surface area contributed by atoms with Gasteiger partial charge in [0.2, 0.25) is 0 Å². The molecule has 1 aromatic heterocycles. The molecule has 0 bridgehead atoms. The number of hydrogen-bond donors (Lipinski definition) is 1. The van der Waals surface area contributed by atoms with Crippen molar-refractivity contribution in [2.45, 2.75) is 20.8 Å². The number of aromatic nitrogens is 1. The van der Waals surface area contributed by atoms with Gasteiger partial charge < -0.3 is 5.32 Å². The van der Waals surface area contributed by atoms with E-state index >= 15 is 0 Å². The van der Waals surface area contributed by atoms with Gasteiger partial charge in [-0.3, -0.25) is 0 Å². The van der Waals surface area contributed by atoms with E-state index < -0.39 is 0 Å². The van der Waals surface area contributed by atoms with Gasteiger partial charge in [0.15, 0.2) is 0 Å². The van der Waals surface area contributed by atoms with E-state index in [0.29, 0.717) is 0 Å². The van der Waals surface area contributed by atoms with E-state index in [2.05, 4.69) is 15.3 Å². The fourth-order valence-electron chi connectivity index (χ4n) is 1.02. The molecule has 0 spiro atoms. The third kappa shape index (κ3) is 3.39. The van der Waals surface area contributed by atoms with Crippen LogP contribution in [-0.4, -0.2) is 10.8 Å². The normalized spacial score (nSPS) is 12.1. The Morgan fingerprint density at radius 1 is 1.50 bits per heavy atom. The Morgan fingerprint density at radius 3 is 2.93 bits per heavy atom. The van der Waals surface area contributed by atoms with E-state index in [1.54, 1.807) is 6.20 Å². The maximum absolute atomic E-state index is 4.31. The molecule has 0 aliphatic carbocycles. The molecule has 74 valence electrons. The van der Waals surface area contributed by atoms with Gasteiger partial charge in [-0.1, -0.05) is 12.1 Å². The Bertz CT molecular complexity index is 353. The molecule has 1 N–H and O–H groups in total. The van der Waals surface area contributed by atoms with Crippen molar-refractivity contribution in [2.24, 2.45) is 4.99 Å². The summed E-state index contributed by atoms with van der Waals surface area (Å²) in [4.78, 5) is 8.46. The molecule has 0 fully saturated rings. The van der Waals surface area contributed by atoms with Crippen molar-refractivity contribution in [3.05, 3.63) is 36.2 Å². The summed E-state index contributed by atoms with van der Waals surface area (Å²) in [5.41, 5.74) is 0.994. The minimum atomic E-state index is 0.829. The molecule has 1 heterocycles. The van der Waals surface area contributed by atoms with Crippen LogP contribution in [0.2, 0.25) is 0 Å². The van der Waals surface area contributed by atoms with Gasteiger partial charge in [0.05, 0.1) is 0 Å². The largest absolute Gasteiger partial charge is 0.329 e. The number of nitrogens with one attached hydrogen (secondary N) is 1. The molecular weight excluding hydrogens is 174 g/mol. The van der Waals surface area contributed by atoms with Crippen molar-refractivity contribution in [2.75, 3.05) is 5.32 Å². The predicted molar refractivity (Wildman–Crippen MR) is 60.5 cm³/mol. The summed E-state index contributed by atoms with van der Waals surface area (Å²) in [6.45, 7) is 5.80. The first kappa shape index (κ1) is 10.4. The smallest absolute Gasteiger partial charge is 0.131 e. The maximum atomic E-state index is 4.31. The third-order valence-corrected chi connectivity index (χ3v) is 1.61. The molecule has 0 amide bonds. The Labute approximate surface area is 84.6 Å². The van der Waals surface area contributed by atoms with Gasteiger partial charge >= 0.3 is 0 Å². The lowest BCUT2D eigenvalue weighted by Crippen LogP contribution is -2.08. The van der Waals surface area contributed by atoms with Gasteiger partial charge in [-0.2, -0.15) is 0 Å². The summed E-state index contributed by atoms with van der Waals surface area (Å²) in [5.74, 6) is 1.66. The van der Waals surface area contributed by atoms with Crippen LogP contribution in [0.5, 0.6) is 0 Å². The van der Waals surface area contributed by atoms with E-state index in [-0.39, 0.29) is 0 Å². The third-order valence-electron chi connectivity index (χ3n) is 1.61. The molecule has 1 aromatic rings. The van der Waals surface area contributed by atoms with Crippen LogP contribution in [0, 0.1) is 6.92 Å². The molecule has 3 heteroatoms. The lowest BCUT2D eigenvalue weighted by atomic mass is 10.4. The molecule has 0 unspecified atom stereocenters. The molecule has 14 heavy (non-hydrogen) atoms. The molecule has 0 saturated carbocycles. The highest BCUT2D eigenvalue weighted by Gasteiger charge is 1.94. The molecule has 3 nitrogen and oxygen atoms in total. The first-order valence-electron chi connectivity index (χ1n) is 4.58. The van der Waals surface area contributed by atoms with Crippen LogP contribution in [-0.2, 0) is 0 Å². The van der Waals surface area contributed by atoms with E-state index in [1.165, 1.54) is 0 Å². The highest BCUT2D eigenvalue weighted by molar-refractivity contribution is 5.92. The lowest BCUT2D eigenvalue weighted by Gasteiger charge is -2.03. The second-order valence-corrected chi connectivity index (χ2v) is 2.99. The molecule has 0 aliphatic rings. The zero-order chi connectivity index (χ0) is 10.4. The topological polar surface area (TPSA) is 37.3 Å². The van der Waals surface area contributed by atoms with Gasteiger partial charge in [-0.25, -0.2) is 9.98 Å². The van der Waals surface area contributed by atoms with Crippen molar-refractivity contribution in [3.8, 4) is 0 Å². The minimum absolute atomic E-state index is 0.829. The van der Waals surface area contributed by atoms with Crippen molar-refractivity contribution >= 4 is 11.7 Å². The fourth-order valence-corrected chi connectivity index (χ4v) is 1.02. The van der Waals surface area contributed by atoms with Gasteiger partial charge in [0, 0.05) is 11.9 Å². The molecule has 1 rings (SSSR count). The number of anilines is 1. The molecule has 0 radical (unpaired) electrons. The first-order chi connectivity index (χ1) is 6.72. The standard InChI is InChI=1S/C11H15N3/c1-4-8-12-10(3)14-11-7-5-6-9(2)13-11/h4-8H,1-3H3,(H,12,13,14)/b8-4+. The zero-order valence-electron chi connectivity index (χ0n) is 8.78. The van der Waals surface area contributed by atoms with E-state index in [0.717, 1.165) is 17.3 Å². The number of nitrogens with zero attached hydrogens (tertiary/aromatic N) is 2. The summed E-state index contributed by atoms with van der Waals surface area (Å²) >= 11 is 0. The molecular formula is C11H15N3. The number of aliphatic imine (C=N–C) groups is 1. The Kier molecular flexibility index (Phi) is 3.85. The number of rotatable bonds is 2. The van der Waals surface area contributed by atoms with Gasteiger partial charge in [0.1, 0.15) is 11.7 Å². The van der Waals surface area contributed by atoms with Crippen LogP contribution in [0.15, 0.2) is 35.5 Å². The highest BCUT2D eigenvalue weighted by Crippen LogP contribution is 2.03. The van der Waals surface area contributed by atoms with Crippen molar-refractivity contribution in [1.29, 1.82) is 0 Å². The van der Waals surface area contributed by atoms with Crippen LogP contribution in [0.1, 0.15) is 19.5 Å². The molecule has 0 aromatic carbocycles. The Hall–Kier alpha value is -1.64. The number of pyridine rings is 1. The second-order valence-electron chi connectivity index (χ2n) is 2.99. The summed E-state index contributed by atoms with van der Waals surface area (Å²) in [5, 5.41) is 3.11. The average molecular weight is 189 g/mol. The number of hydrogen-bond acceptors (Lipinski definition) is 2. The van der Waals surface area contributed by atoms with Crippen LogP contribution in [0.4, 0.5) is 5.82 Å². The zero-order valence-corrected chi connectivity index (χ0v) is 8.78. The van der Waals surface area contributed by atoms with Crippen molar-refractivity contribution in [1.82, 2.24) is 4.98 Å². The summed E-state index contributed by atoms with van der Waals surface area (Å²) < 4.78 is 0. The van der Waals surface area contributed by atoms with Gasteiger partial charge in [0.25, 0.3) is 0 Å². The van der Waals surface area contributed by atoms with E-state index in [4.69, 9.17) is 0 Å². The van der Waals surface area contributed by atoms with Crippen LogP contribution >= 0.6 is 0 Å². The first-order valence-corrected chi connectivity index (χ1v) is 4.58. The number of amidine groups is 1. The predicted octanol–water partition coefficient (Wildman–Crippen LogP) is 2.75. The van der Waals surface area contributed by atoms with Crippen LogP contribution < -0.4 is 5.32 Å². The van der Waals surface area contributed by atoms with Gasteiger partial charge in [-0.05, 0) is 32.9 Å². The fraction of sp³-hybridized carbons (Fsp3) is 0.273. The lowest BCUT2D eigenvalue weighted by molar-refractivity contribution is 1.20. The Morgan fingerprint density at radius 2 is 2.29 bits per heavy atom. The van der Waals surface area contributed by atoms with Gasteiger partial charge in [-0.15, -0.1) is 0 Å².